The van der Waals surface area contributed by atoms with Crippen molar-refractivity contribution < 1.29 is 38.4 Å². The molecule has 10 atom stereocenters. The van der Waals surface area contributed by atoms with Crippen LogP contribution < -0.4 is 42.5 Å². The second-order valence-corrected chi connectivity index (χ2v) is 22.4. The van der Waals surface area contributed by atoms with E-state index in [0.717, 1.165) is 0 Å². The molecule has 6 rings (SSSR count). The number of amides is 8. The molecule has 8 amide bonds. The Morgan fingerprint density at radius 1 is 0.597 bits per heavy atom. The molecule has 0 aliphatic carbocycles. The molecular formula is C52H68N10O8S2. The normalized spacial score (nSPS) is 24.6. The summed E-state index contributed by atoms with van der Waals surface area (Å²) in [6, 6.07) is 10.8. The van der Waals surface area contributed by atoms with Crippen LogP contribution in [0.15, 0.2) is 60.7 Å². The number of nitrogens with zero attached hydrogens (tertiary/aromatic N) is 2. The van der Waals surface area contributed by atoms with Gasteiger partial charge in [-0.3, -0.25) is 38.4 Å². The molecule has 0 saturated carbocycles. The standard InChI is InChI=1S/C52H68N10O8S2/c1-31(53-7)43(63)57-35-23-27-71-37-29-51(3,4)41(61(37)49(35)69)47(67)59-39(33-19-13-11-14-20-33)45(65)55-25-17-9-10-18-26-56-46(66)40(34-21-15-12-16-22-34)60-48(68)42-52(5,6)30-38-62(42)50(70)36(24-28-72-38)58-44(64)32(2)54-8/h11-16,19-22,31-32,35-42,53-54H,23-30H2,1-8H3,(H,55,65)(H,56,66)(H,57,63)(H,58,64)(H,59,67)(H,60,68)/t31?,32?,35-,36-,37-,38-,39?,40?,41+,42+/m0/s1. The van der Waals surface area contributed by atoms with Crippen LogP contribution >= 0.6 is 23.5 Å². The van der Waals surface area contributed by atoms with E-state index in [0.29, 0.717) is 48.3 Å². The van der Waals surface area contributed by atoms with Crippen molar-refractivity contribution in [2.45, 2.75) is 126 Å². The van der Waals surface area contributed by atoms with Crippen LogP contribution in [-0.2, 0) is 38.4 Å². The maximum Gasteiger partial charge on any atom is 0.247 e. The van der Waals surface area contributed by atoms with Gasteiger partial charge in [0.25, 0.3) is 0 Å². The van der Waals surface area contributed by atoms with Crippen molar-refractivity contribution in [2.75, 3.05) is 38.7 Å². The highest BCUT2D eigenvalue weighted by molar-refractivity contribution is 8.00. The third-order valence-electron chi connectivity index (χ3n) is 13.7. The average molecular weight is 1030 g/mol. The minimum Gasteiger partial charge on any atom is -0.343 e. The van der Waals surface area contributed by atoms with Gasteiger partial charge in [0.05, 0.1) is 35.9 Å². The highest BCUT2D eigenvalue weighted by Crippen LogP contribution is 2.48. The Morgan fingerprint density at radius 2 is 0.958 bits per heavy atom. The lowest BCUT2D eigenvalue weighted by atomic mass is 9.83. The molecule has 4 heterocycles. The quantitative estimate of drug-likeness (QED) is 0.111. The molecule has 4 unspecified atom stereocenters. The first-order valence-corrected chi connectivity index (χ1v) is 26.4. The third kappa shape index (κ3) is 13.1. The topological polar surface area (TPSA) is 239 Å². The lowest BCUT2D eigenvalue weighted by molar-refractivity contribution is -0.144. The van der Waals surface area contributed by atoms with E-state index in [4.69, 9.17) is 0 Å². The SMILES string of the molecule is CNC(C)C(=O)N[C@H]1CCS[C@H]2CC(C)(C)[C@@H](C(=O)NC(C(=O)NCC#CC#CCNC(=O)C(NC(=O)[C@H]3N4C(=O)[C@@H](NC(=O)C(C)NC)CCS[C@H]4CC3(C)C)c3ccccc3)c3ccccc3)N2C1=O. The average Bonchev–Trinajstić information content (AvgIpc) is 3.68. The molecule has 8 N–H and O–H groups in total. The highest BCUT2D eigenvalue weighted by atomic mass is 32.2. The predicted octanol–water partition coefficient (Wildman–Crippen LogP) is 1.31. The molecule has 4 aliphatic heterocycles. The molecule has 0 radical (unpaired) electrons. The number of nitrogens with one attached hydrogen (secondary N) is 8. The maximum atomic E-state index is 14.4. The van der Waals surface area contributed by atoms with Crippen LogP contribution in [0.1, 0.15) is 90.4 Å². The summed E-state index contributed by atoms with van der Waals surface area (Å²) in [5.41, 5.74) is -0.263. The Hall–Kier alpha value is -6.06. The van der Waals surface area contributed by atoms with Crippen molar-refractivity contribution in [1.82, 2.24) is 52.3 Å². The molecule has 18 nitrogen and oxygen atoms in total. The van der Waals surface area contributed by atoms with Gasteiger partial charge in [-0.05, 0) is 98.9 Å². The fourth-order valence-corrected chi connectivity index (χ4v) is 12.7. The zero-order valence-corrected chi connectivity index (χ0v) is 43.8. The minimum atomic E-state index is -1.13. The van der Waals surface area contributed by atoms with Crippen LogP contribution in [0.5, 0.6) is 0 Å². The smallest absolute Gasteiger partial charge is 0.247 e. The summed E-state index contributed by atoms with van der Waals surface area (Å²) < 4.78 is 0. The van der Waals surface area contributed by atoms with E-state index in [2.05, 4.69) is 66.2 Å². The number of hydrogen-bond acceptors (Lipinski definition) is 12. The summed E-state index contributed by atoms with van der Waals surface area (Å²) in [6.45, 7) is 10.9. The fraction of sp³-hybridized carbons (Fsp3) is 0.538. The number of hydrogen-bond donors (Lipinski definition) is 8. The number of benzene rings is 2. The Labute approximate surface area is 431 Å². The van der Waals surface area contributed by atoms with Gasteiger partial charge in [0.2, 0.25) is 47.3 Å². The molecule has 0 aromatic heterocycles. The van der Waals surface area contributed by atoms with Crippen LogP contribution in [0.3, 0.4) is 0 Å². The van der Waals surface area contributed by atoms with Crippen molar-refractivity contribution in [3.8, 4) is 23.7 Å². The summed E-state index contributed by atoms with van der Waals surface area (Å²) in [7, 11) is 3.32. The van der Waals surface area contributed by atoms with E-state index < -0.39 is 82.8 Å². The molecule has 72 heavy (non-hydrogen) atoms. The van der Waals surface area contributed by atoms with E-state index in [1.807, 2.05) is 27.7 Å². The van der Waals surface area contributed by atoms with Crippen molar-refractivity contribution in [3.63, 3.8) is 0 Å². The van der Waals surface area contributed by atoms with E-state index in [1.165, 1.54) is 0 Å². The van der Waals surface area contributed by atoms with Gasteiger partial charge < -0.3 is 52.3 Å². The van der Waals surface area contributed by atoms with Gasteiger partial charge in [0, 0.05) is 0 Å². The first-order valence-electron chi connectivity index (χ1n) is 24.3. The Morgan fingerprint density at radius 3 is 1.31 bits per heavy atom. The summed E-state index contributed by atoms with van der Waals surface area (Å²) in [4.78, 5) is 113. The van der Waals surface area contributed by atoms with Crippen LogP contribution in [0.2, 0.25) is 0 Å². The van der Waals surface area contributed by atoms with E-state index in [1.54, 1.807) is 122 Å². The van der Waals surface area contributed by atoms with Crippen molar-refractivity contribution in [2.24, 2.45) is 10.8 Å². The van der Waals surface area contributed by atoms with Crippen LogP contribution in [0.25, 0.3) is 0 Å². The molecular weight excluding hydrogens is 957 g/mol. The zero-order valence-electron chi connectivity index (χ0n) is 42.2. The molecule has 0 spiro atoms. The van der Waals surface area contributed by atoms with Crippen LogP contribution in [-0.4, -0.2) is 143 Å². The molecule has 4 aliphatic rings. The van der Waals surface area contributed by atoms with E-state index in [9.17, 15) is 38.4 Å². The molecule has 2 aromatic rings. The number of carbonyl (C=O) groups excluding carboxylic acids is 8. The maximum absolute atomic E-state index is 14.4. The van der Waals surface area contributed by atoms with Gasteiger partial charge >= 0.3 is 0 Å². The molecule has 4 saturated heterocycles. The number of fused-ring (bicyclic) bond motifs is 2. The second-order valence-electron chi connectivity index (χ2n) is 19.8. The Bertz CT molecular complexity index is 2300. The first kappa shape index (κ1) is 55.3. The lowest BCUT2D eigenvalue weighted by Gasteiger charge is -2.35. The van der Waals surface area contributed by atoms with Crippen molar-refractivity contribution in [3.05, 3.63) is 71.8 Å². The molecule has 4 fully saturated rings. The van der Waals surface area contributed by atoms with Gasteiger partial charge in [-0.15, -0.1) is 23.5 Å². The minimum absolute atomic E-state index is 0.121. The first-order chi connectivity index (χ1) is 34.3. The molecule has 2 aromatic carbocycles. The van der Waals surface area contributed by atoms with Crippen molar-refractivity contribution >= 4 is 70.8 Å². The van der Waals surface area contributed by atoms with Crippen LogP contribution in [0, 0.1) is 34.5 Å². The third-order valence-corrected chi connectivity index (χ3v) is 16.2. The number of thioether (sulfide) groups is 2. The van der Waals surface area contributed by atoms with Gasteiger partial charge in [-0.1, -0.05) is 100 Å². The monoisotopic (exact) mass is 1020 g/mol. The number of rotatable bonds is 16. The zero-order chi connectivity index (χ0) is 52.3. The van der Waals surface area contributed by atoms with E-state index in [-0.39, 0.29) is 47.5 Å². The summed E-state index contributed by atoms with van der Waals surface area (Å²) in [5, 5.41) is 22.3. The second kappa shape index (κ2) is 24.6. The van der Waals surface area contributed by atoms with Crippen molar-refractivity contribution in [1.29, 1.82) is 0 Å². The molecule has 386 valence electrons. The molecule has 20 heteroatoms. The Kier molecular flexibility index (Phi) is 18.9. The summed E-state index contributed by atoms with van der Waals surface area (Å²) in [6.07, 6.45) is 1.93. The number of carbonyl (C=O) groups is 8. The van der Waals surface area contributed by atoms with E-state index >= 15 is 0 Å². The summed E-state index contributed by atoms with van der Waals surface area (Å²) in [5.74, 6) is 8.80. The van der Waals surface area contributed by atoms with Gasteiger partial charge in [-0.25, -0.2) is 0 Å². The van der Waals surface area contributed by atoms with Gasteiger partial charge in [0.1, 0.15) is 36.3 Å². The predicted molar refractivity (Wildman–Crippen MR) is 277 cm³/mol. The molecule has 0 bridgehead atoms. The van der Waals surface area contributed by atoms with Gasteiger partial charge in [-0.2, -0.15) is 0 Å². The summed E-state index contributed by atoms with van der Waals surface area (Å²) >= 11 is 3.15. The lowest BCUT2D eigenvalue weighted by Crippen LogP contribution is -2.58. The largest absolute Gasteiger partial charge is 0.343 e. The fourth-order valence-electron chi connectivity index (χ4n) is 9.54. The van der Waals surface area contributed by atoms with Gasteiger partial charge in [0.15, 0.2) is 0 Å². The highest BCUT2D eigenvalue weighted by Gasteiger charge is 2.56. The van der Waals surface area contributed by atoms with Crippen LogP contribution in [0.4, 0.5) is 0 Å². The number of likely N-dealkylation sites (N-methyl/N-ethyl adjacent to an activating group) is 2. The Balaban J connectivity index is 1.08.